The summed E-state index contributed by atoms with van der Waals surface area (Å²) in [6.45, 7) is 3.10. The van der Waals surface area contributed by atoms with Crippen molar-refractivity contribution in [3.8, 4) is 0 Å². The number of nitrogens with one attached hydrogen (secondary N) is 1. The number of amides is 2. The number of hydrogen-bond acceptors (Lipinski definition) is 3. The predicted octanol–water partition coefficient (Wildman–Crippen LogP) is 1.73. The van der Waals surface area contributed by atoms with Crippen molar-refractivity contribution in [2.75, 3.05) is 13.1 Å². The van der Waals surface area contributed by atoms with Gasteiger partial charge in [-0.1, -0.05) is 17.7 Å². The Bertz CT molecular complexity index is 802. The van der Waals surface area contributed by atoms with Crippen molar-refractivity contribution in [3.63, 3.8) is 0 Å². The molecule has 0 radical (unpaired) electrons. The molecule has 1 heterocycles. The molecule has 1 unspecified atom stereocenters. The number of hydrogen-bond donors (Lipinski definition) is 2. The molecule has 2 amide bonds. The molecule has 0 bridgehead atoms. The zero-order valence-electron chi connectivity index (χ0n) is 14.0. The van der Waals surface area contributed by atoms with E-state index in [1.54, 1.807) is 22.9 Å². The lowest BCUT2D eigenvalue weighted by Gasteiger charge is -2.27. The first-order chi connectivity index (χ1) is 11.8. The second-order valence-corrected chi connectivity index (χ2v) is 6.17. The van der Waals surface area contributed by atoms with Crippen LogP contribution < -0.4 is 5.32 Å². The number of carbonyl (C=O) groups is 3. The predicted molar refractivity (Wildman–Crippen MR) is 94.4 cm³/mol. The van der Waals surface area contributed by atoms with Crippen LogP contribution in [0.15, 0.2) is 30.5 Å². The zero-order chi connectivity index (χ0) is 18.6. The fraction of sp³-hybridized carbons (Fsp3) is 0.353. The second-order valence-electron chi connectivity index (χ2n) is 5.73. The van der Waals surface area contributed by atoms with Crippen LogP contribution in [-0.2, 0) is 20.9 Å². The minimum atomic E-state index is -1.10. The number of aromatic nitrogens is 1. The fourth-order valence-corrected chi connectivity index (χ4v) is 2.72. The maximum atomic E-state index is 12.7. The SMILES string of the molecule is CC(=O)NCCN(C(=O)Cn1ccc2ccc(Cl)cc21)C(C)C(=O)O. The first-order valence-electron chi connectivity index (χ1n) is 7.80. The Balaban J connectivity index is 2.18. The van der Waals surface area contributed by atoms with Gasteiger partial charge in [0, 0.05) is 36.7 Å². The van der Waals surface area contributed by atoms with Crippen LogP contribution in [0.25, 0.3) is 10.9 Å². The third-order valence-corrected chi connectivity index (χ3v) is 4.15. The van der Waals surface area contributed by atoms with E-state index < -0.39 is 12.0 Å². The number of fused-ring (bicyclic) bond motifs is 1. The van der Waals surface area contributed by atoms with Crippen LogP contribution in [0.3, 0.4) is 0 Å². The number of nitrogens with zero attached hydrogens (tertiary/aromatic N) is 2. The first-order valence-corrected chi connectivity index (χ1v) is 8.18. The molecule has 7 nitrogen and oxygen atoms in total. The molecule has 2 rings (SSSR count). The Morgan fingerprint density at radius 3 is 2.68 bits per heavy atom. The van der Waals surface area contributed by atoms with Gasteiger partial charge in [-0.05, 0) is 30.5 Å². The highest BCUT2D eigenvalue weighted by atomic mass is 35.5. The van der Waals surface area contributed by atoms with E-state index in [1.807, 2.05) is 12.1 Å². The Morgan fingerprint density at radius 2 is 2.04 bits per heavy atom. The summed E-state index contributed by atoms with van der Waals surface area (Å²) in [5.41, 5.74) is 0.797. The summed E-state index contributed by atoms with van der Waals surface area (Å²) in [6.07, 6.45) is 1.76. The van der Waals surface area contributed by atoms with Gasteiger partial charge in [-0.25, -0.2) is 4.79 Å². The lowest BCUT2D eigenvalue weighted by atomic mass is 10.2. The highest BCUT2D eigenvalue weighted by molar-refractivity contribution is 6.31. The number of carboxylic acid groups (broad SMARTS) is 1. The number of carboxylic acids is 1. The van der Waals surface area contributed by atoms with Crippen molar-refractivity contribution < 1.29 is 19.5 Å². The average molecular weight is 366 g/mol. The molecular formula is C17H20ClN3O4. The Hall–Kier alpha value is -2.54. The van der Waals surface area contributed by atoms with Crippen LogP contribution >= 0.6 is 11.6 Å². The summed E-state index contributed by atoms with van der Waals surface area (Å²) in [7, 11) is 0. The molecular weight excluding hydrogens is 346 g/mol. The van der Waals surface area contributed by atoms with Gasteiger partial charge < -0.3 is 19.9 Å². The van der Waals surface area contributed by atoms with E-state index in [4.69, 9.17) is 11.6 Å². The van der Waals surface area contributed by atoms with Gasteiger partial charge in [0.05, 0.1) is 0 Å². The quantitative estimate of drug-likeness (QED) is 0.781. The van der Waals surface area contributed by atoms with Crippen LogP contribution in [0.5, 0.6) is 0 Å². The number of carbonyl (C=O) groups excluding carboxylic acids is 2. The molecule has 0 aliphatic rings. The van der Waals surface area contributed by atoms with E-state index in [-0.39, 0.29) is 31.4 Å². The van der Waals surface area contributed by atoms with Gasteiger partial charge in [-0.15, -0.1) is 0 Å². The maximum Gasteiger partial charge on any atom is 0.326 e. The Morgan fingerprint density at radius 1 is 1.32 bits per heavy atom. The molecule has 2 aromatic rings. The second kappa shape index (κ2) is 8.02. The highest BCUT2D eigenvalue weighted by Gasteiger charge is 2.25. The number of benzene rings is 1. The van der Waals surface area contributed by atoms with Gasteiger partial charge in [-0.2, -0.15) is 0 Å². The van der Waals surface area contributed by atoms with Gasteiger partial charge in [0.15, 0.2) is 0 Å². The summed E-state index contributed by atoms with van der Waals surface area (Å²) < 4.78 is 1.73. The highest BCUT2D eigenvalue weighted by Crippen LogP contribution is 2.20. The first kappa shape index (κ1) is 18.8. The largest absolute Gasteiger partial charge is 0.480 e. The number of aliphatic carboxylic acids is 1. The number of halogens is 1. The van der Waals surface area contributed by atoms with Crippen LogP contribution in [0.2, 0.25) is 5.02 Å². The van der Waals surface area contributed by atoms with Crippen LogP contribution in [0.4, 0.5) is 0 Å². The minimum Gasteiger partial charge on any atom is -0.480 e. The lowest BCUT2D eigenvalue weighted by molar-refractivity contribution is -0.149. The zero-order valence-corrected chi connectivity index (χ0v) is 14.8. The molecule has 0 aliphatic heterocycles. The van der Waals surface area contributed by atoms with E-state index >= 15 is 0 Å². The molecule has 25 heavy (non-hydrogen) atoms. The molecule has 1 atom stereocenters. The molecule has 134 valence electrons. The molecule has 1 aromatic carbocycles. The van der Waals surface area contributed by atoms with Crippen molar-refractivity contribution in [3.05, 3.63) is 35.5 Å². The summed E-state index contributed by atoms with van der Waals surface area (Å²) in [5.74, 6) is -1.68. The average Bonchev–Trinajstić information content (AvgIpc) is 2.92. The van der Waals surface area contributed by atoms with E-state index in [0.29, 0.717) is 5.02 Å². The lowest BCUT2D eigenvalue weighted by Crippen LogP contribution is -2.47. The molecule has 2 N–H and O–H groups in total. The van der Waals surface area contributed by atoms with Crippen molar-refractivity contribution >= 4 is 40.3 Å². The molecule has 1 aromatic heterocycles. The summed E-state index contributed by atoms with van der Waals surface area (Å²) in [4.78, 5) is 36.2. The van der Waals surface area contributed by atoms with Crippen LogP contribution in [0.1, 0.15) is 13.8 Å². The van der Waals surface area contributed by atoms with E-state index in [9.17, 15) is 19.5 Å². The third-order valence-electron chi connectivity index (χ3n) is 3.91. The van der Waals surface area contributed by atoms with Gasteiger partial charge in [0.2, 0.25) is 11.8 Å². The Kier molecular flexibility index (Phi) is 6.03. The monoisotopic (exact) mass is 365 g/mol. The summed E-state index contributed by atoms with van der Waals surface area (Å²) >= 11 is 6.01. The van der Waals surface area contributed by atoms with Gasteiger partial charge in [-0.3, -0.25) is 9.59 Å². The molecule has 0 saturated carbocycles. The normalized spacial score (nSPS) is 12.0. The third kappa shape index (κ3) is 4.73. The maximum absolute atomic E-state index is 12.7. The molecule has 0 aliphatic carbocycles. The summed E-state index contributed by atoms with van der Waals surface area (Å²) in [5, 5.41) is 13.3. The van der Waals surface area contributed by atoms with Gasteiger partial charge in [0.1, 0.15) is 12.6 Å². The van der Waals surface area contributed by atoms with Crippen molar-refractivity contribution in [2.45, 2.75) is 26.4 Å². The fourth-order valence-electron chi connectivity index (χ4n) is 2.55. The van der Waals surface area contributed by atoms with E-state index in [0.717, 1.165) is 10.9 Å². The molecule has 0 fully saturated rings. The van der Waals surface area contributed by atoms with Crippen molar-refractivity contribution in [1.82, 2.24) is 14.8 Å². The Labute approximate surface area is 150 Å². The van der Waals surface area contributed by atoms with Gasteiger partial charge in [0.25, 0.3) is 0 Å². The van der Waals surface area contributed by atoms with Crippen molar-refractivity contribution in [1.29, 1.82) is 0 Å². The van der Waals surface area contributed by atoms with Crippen molar-refractivity contribution in [2.24, 2.45) is 0 Å². The van der Waals surface area contributed by atoms with Gasteiger partial charge >= 0.3 is 5.97 Å². The number of rotatable bonds is 7. The standard InChI is InChI=1S/C17H20ClN3O4/c1-11(17(24)25)21(8-6-19-12(2)22)16(23)10-20-7-5-13-3-4-14(18)9-15(13)20/h3-5,7,9,11H,6,8,10H2,1-2H3,(H,19,22)(H,24,25). The molecule has 8 heteroatoms. The molecule has 0 spiro atoms. The van der Waals surface area contributed by atoms with Crippen LogP contribution in [0, 0.1) is 0 Å². The smallest absolute Gasteiger partial charge is 0.326 e. The summed E-state index contributed by atoms with van der Waals surface area (Å²) in [6, 6.07) is 6.25. The van der Waals surface area contributed by atoms with E-state index in [2.05, 4.69) is 5.32 Å². The minimum absolute atomic E-state index is 0.0124. The molecule has 0 saturated heterocycles. The van der Waals surface area contributed by atoms with E-state index in [1.165, 1.54) is 18.7 Å². The topological polar surface area (TPSA) is 91.6 Å². The van der Waals surface area contributed by atoms with Crippen LogP contribution in [-0.4, -0.2) is 51.5 Å².